The number of rotatable bonds is 6. The molecule has 116 valence electrons. The Morgan fingerprint density at radius 1 is 1.43 bits per heavy atom. The number of carbonyl (C=O) groups is 2. The first-order valence-electron chi connectivity index (χ1n) is 6.78. The number of nitrogens with zero attached hydrogens (tertiary/aromatic N) is 5. The number of hydrogen-bond acceptors (Lipinski definition) is 7. The molecule has 0 aromatic carbocycles. The van der Waals surface area contributed by atoms with Gasteiger partial charge in [0.15, 0.2) is 0 Å². The lowest BCUT2D eigenvalue weighted by atomic mass is 9.97. The molecule has 1 aromatic rings. The molecule has 0 spiro atoms. The Kier molecular flexibility index (Phi) is 5.51. The molecule has 1 aliphatic heterocycles. The van der Waals surface area contributed by atoms with E-state index in [1.165, 1.54) is 11.8 Å². The number of aromatic nitrogens is 4. The summed E-state index contributed by atoms with van der Waals surface area (Å²) in [7, 11) is 0. The lowest BCUT2D eigenvalue weighted by Crippen LogP contribution is -2.44. The molecule has 1 atom stereocenters. The first-order valence-corrected chi connectivity index (χ1v) is 7.76. The summed E-state index contributed by atoms with van der Waals surface area (Å²) in [6, 6.07) is 0. The summed E-state index contributed by atoms with van der Waals surface area (Å²) >= 11 is 1.27. The molecule has 1 aromatic heterocycles. The zero-order valence-electron chi connectivity index (χ0n) is 11.6. The lowest BCUT2D eigenvalue weighted by Gasteiger charge is -2.31. The molecule has 0 radical (unpaired) electrons. The number of nitrogens with two attached hydrogens (primary N) is 2. The fourth-order valence-electron chi connectivity index (χ4n) is 2.22. The van der Waals surface area contributed by atoms with Gasteiger partial charge in [0, 0.05) is 19.6 Å². The minimum absolute atomic E-state index is 0.0340. The second kappa shape index (κ2) is 7.36. The van der Waals surface area contributed by atoms with Crippen LogP contribution in [0.3, 0.4) is 0 Å². The molecule has 2 rings (SSSR count). The minimum atomic E-state index is -0.341. The number of amides is 2. The van der Waals surface area contributed by atoms with Crippen molar-refractivity contribution >= 4 is 23.6 Å². The summed E-state index contributed by atoms with van der Waals surface area (Å²) < 4.78 is 1.57. The molecule has 1 fully saturated rings. The topological polar surface area (TPSA) is 133 Å². The van der Waals surface area contributed by atoms with Gasteiger partial charge in [0.2, 0.25) is 17.0 Å². The largest absolute Gasteiger partial charge is 0.369 e. The molecule has 2 heterocycles. The molecular formula is C11H19N7O2S. The van der Waals surface area contributed by atoms with E-state index in [1.54, 1.807) is 9.58 Å². The van der Waals surface area contributed by atoms with Crippen LogP contribution < -0.4 is 11.5 Å². The van der Waals surface area contributed by atoms with E-state index in [-0.39, 0.29) is 23.5 Å². The molecule has 0 bridgehead atoms. The van der Waals surface area contributed by atoms with Crippen LogP contribution in [0.4, 0.5) is 0 Å². The molecule has 0 aliphatic carbocycles. The Morgan fingerprint density at radius 2 is 2.24 bits per heavy atom. The van der Waals surface area contributed by atoms with E-state index < -0.39 is 0 Å². The van der Waals surface area contributed by atoms with Crippen molar-refractivity contribution in [1.82, 2.24) is 25.1 Å². The summed E-state index contributed by atoms with van der Waals surface area (Å²) in [6.45, 7) is 2.01. The fraction of sp³-hybridized carbons (Fsp3) is 0.727. The van der Waals surface area contributed by atoms with Crippen LogP contribution >= 0.6 is 11.8 Å². The zero-order valence-corrected chi connectivity index (χ0v) is 12.5. The molecular weight excluding hydrogens is 294 g/mol. The van der Waals surface area contributed by atoms with Gasteiger partial charge in [-0.2, -0.15) is 0 Å². The van der Waals surface area contributed by atoms with E-state index in [4.69, 9.17) is 11.5 Å². The molecule has 1 unspecified atom stereocenters. The lowest BCUT2D eigenvalue weighted by molar-refractivity contribution is -0.132. The number of primary amides is 1. The Hall–Kier alpha value is -1.68. The molecule has 1 aliphatic rings. The molecule has 1 saturated heterocycles. The fourth-order valence-corrected chi connectivity index (χ4v) is 3.02. The standard InChI is InChI=1S/C11H19N7O2S/c12-3-5-18-11(14-15-16-18)21-7-9(19)17-4-1-2-8(6-17)10(13)20/h8H,1-7,12H2,(H2,13,20). The maximum atomic E-state index is 12.2. The number of hydrogen-bond donors (Lipinski definition) is 2. The average molecular weight is 313 g/mol. The van der Waals surface area contributed by atoms with Gasteiger partial charge in [-0.1, -0.05) is 11.8 Å². The normalized spacial score (nSPS) is 18.7. The highest BCUT2D eigenvalue weighted by atomic mass is 32.2. The molecule has 4 N–H and O–H groups in total. The second-order valence-corrected chi connectivity index (χ2v) is 5.79. The summed E-state index contributed by atoms with van der Waals surface area (Å²) in [5.74, 6) is -0.383. The van der Waals surface area contributed by atoms with Crippen LogP contribution in [0.2, 0.25) is 0 Å². The van der Waals surface area contributed by atoms with E-state index in [9.17, 15) is 9.59 Å². The van der Waals surface area contributed by atoms with Gasteiger partial charge in [0.1, 0.15) is 0 Å². The van der Waals surface area contributed by atoms with Crippen molar-refractivity contribution in [2.45, 2.75) is 24.5 Å². The predicted octanol–water partition coefficient (Wildman–Crippen LogP) is -1.55. The third kappa shape index (κ3) is 4.14. The van der Waals surface area contributed by atoms with Gasteiger partial charge < -0.3 is 16.4 Å². The van der Waals surface area contributed by atoms with Gasteiger partial charge in [-0.05, 0) is 23.3 Å². The van der Waals surface area contributed by atoms with Crippen molar-refractivity contribution in [3.8, 4) is 0 Å². The number of likely N-dealkylation sites (tertiary alicyclic amines) is 1. The summed E-state index contributed by atoms with van der Waals surface area (Å²) in [6.07, 6.45) is 1.55. The van der Waals surface area contributed by atoms with Crippen LogP contribution in [0.5, 0.6) is 0 Å². The smallest absolute Gasteiger partial charge is 0.233 e. The quantitative estimate of drug-likeness (QED) is 0.607. The van der Waals surface area contributed by atoms with Crippen LogP contribution in [-0.4, -0.2) is 62.3 Å². The van der Waals surface area contributed by atoms with Crippen LogP contribution in [0, 0.1) is 5.92 Å². The number of tetrazole rings is 1. The van der Waals surface area contributed by atoms with Crippen LogP contribution in [0.15, 0.2) is 5.16 Å². The highest BCUT2D eigenvalue weighted by molar-refractivity contribution is 7.99. The third-order valence-electron chi connectivity index (χ3n) is 3.34. The Morgan fingerprint density at radius 3 is 2.95 bits per heavy atom. The van der Waals surface area contributed by atoms with Gasteiger partial charge >= 0.3 is 0 Å². The maximum absolute atomic E-state index is 12.2. The SMILES string of the molecule is NCCn1nnnc1SCC(=O)N1CCCC(C(N)=O)C1. The number of carbonyl (C=O) groups excluding carboxylic acids is 2. The monoisotopic (exact) mass is 313 g/mol. The van der Waals surface area contributed by atoms with Gasteiger partial charge in [-0.15, -0.1) is 5.10 Å². The van der Waals surface area contributed by atoms with Crippen LogP contribution in [0.1, 0.15) is 12.8 Å². The molecule has 9 nitrogen and oxygen atoms in total. The van der Waals surface area contributed by atoms with Gasteiger partial charge in [0.25, 0.3) is 0 Å². The second-order valence-electron chi connectivity index (χ2n) is 4.84. The predicted molar refractivity (Wildman–Crippen MR) is 76.1 cm³/mol. The Labute approximate surface area is 126 Å². The molecule has 21 heavy (non-hydrogen) atoms. The van der Waals surface area contributed by atoms with Crippen molar-refractivity contribution in [3.63, 3.8) is 0 Å². The summed E-state index contributed by atoms with van der Waals surface area (Å²) in [5, 5.41) is 11.8. The van der Waals surface area contributed by atoms with Gasteiger partial charge in [0.05, 0.1) is 18.2 Å². The number of thioether (sulfide) groups is 1. The maximum Gasteiger partial charge on any atom is 0.233 e. The van der Waals surface area contributed by atoms with Crippen molar-refractivity contribution in [3.05, 3.63) is 0 Å². The molecule has 2 amide bonds. The van der Waals surface area contributed by atoms with E-state index in [0.717, 1.165) is 12.8 Å². The van der Waals surface area contributed by atoms with Crippen molar-refractivity contribution < 1.29 is 9.59 Å². The summed E-state index contributed by atoms with van der Waals surface area (Å²) in [4.78, 5) is 25.1. The van der Waals surface area contributed by atoms with Crippen molar-refractivity contribution in [2.75, 3.05) is 25.4 Å². The van der Waals surface area contributed by atoms with E-state index in [2.05, 4.69) is 15.5 Å². The van der Waals surface area contributed by atoms with E-state index >= 15 is 0 Å². The van der Waals surface area contributed by atoms with Crippen molar-refractivity contribution in [1.29, 1.82) is 0 Å². The van der Waals surface area contributed by atoms with E-state index in [1.807, 2.05) is 0 Å². The van der Waals surface area contributed by atoms with Crippen LogP contribution in [-0.2, 0) is 16.1 Å². The third-order valence-corrected chi connectivity index (χ3v) is 4.28. The zero-order chi connectivity index (χ0) is 15.2. The first-order chi connectivity index (χ1) is 10.1. The first kappa shape index (κ1) is 15.7. The Bertz CT molecular complexity index is 507. The summed E-state index contributed by atoms with van der Waals surface area (Å²) in [5.41, 5.74) is 10.8. The van der Waals surface area contributed by atoms with Gasteiger partial charge in [-0.25, -0.2) is 4.68 Å². The van der Waals surface area contributed by atoms with Crippen molar-refractivity contribution in [2.24, 2.45) is 17.4 Å². The minimum Gasteiger partial charge on any atom is -0.369 e. The van der Waals surface area contributed by atoms with Crippen LogP contribution in [0.25, 0.3) is 0 Å². The van der Waals surface area contributed by atoms with E-state index in [0.29, 0.717) is 31.3 Å². The highest BCUT2D eigenvalue weighted by Gasteiger charge is 2.27. The Balaban J connectivity index is 1.86. The molecule has 0 saturated carbocycles. The highest BCUT2D eigenvalue weighted by Crippen LogP contribution is 2.19. The molecule has 10 heteroatoms. The van der Waals surface area contributed by atoms with Gasteiger partial charge in [-0.3, -0.25) is 9.59 Å². The number of piperidine rings is 1. The average Bonchev–Trinajstić information content (AvgIpc) is 2.92.